The number of rotatable bonds is 4. The molecule has 0 aromatic carbocycles. The van der Waals surface area contributed by atoms with E-state index in [9.17, 15) is 4.79 Å². The monoisotopic (exact) mass is 241 g/mol. The van der Waals surface area contributed by atoms with E-state index in [-0.39, 0.29) is 12.4 Å². The molecule has 0 spiro atoms. The topological polar surface area (TPSA) is 48.4 Å². The van der Waals surface area contributed by atoms with Crippen LogP contribution in [0.3, 0.4) is 0 Å². The molecule has 0 amide bonds. The number of hydrogen-bond acceptors (Lipinski definition) is 5. The van der Waals surface area contributed by atoms with Gasteiger partial charge in [-0.1, -0.05) is 0 Å². The van der Waals surface area contributed by atoms with Crippen molar-refractivity contribution >= 4 is 17.3 Å². The Morgan fingerprint density at radius 3 is 3.31 bits per heavy atom. The Balaban J connectivity index is 1.93. The summed E-state index contributed by atoms with van der Waals surface area (Å²) in [5.41, 5.74) is 1.06. The fourth-order valence-electron chi connectivity index (χ4n) is 1.70. The van der Waals surface area contributed by atoms with E-state index in [1.54, 1.807) is 6.92 Å². The minimum atomic E-state index is -0.203. The molecule has 1 aliphatic rings. The molecule has 0 aliphatic carbocycles. The molecule has 88 valence electrons. The van der Waals surface area contributed by atoms with Gasteiger partial charge in [0.25, 0.3) is 0 Å². The third kappa shape index (κ3) is 2.80. The molecule has 2 rings (SSSR count). The molecule has 1 saturated heterocycles. The molecular weight excluding hydrogens is 226 g/mol. The first-order valence-corrected chi connectivity index (χ1v) is 6.35. The van der Waals surface area contributed by atoms with E-state index in [4.69, 9.17) is 9.47 Å². The lowest BCUT2D eigenvalue weighted by molar-refractivity contribution is -0.142. The van der Waals surface area contributed by atoms with Gasteiger partial charge in [-0.2, -0.15) is 0 Å². The van der Waals surface area contributed by atoms with Crippen LogP contribution in [0.2, 0.25) is 0 Å². The third-order valence-electron chi connectivity index (χ3n) is 2.52. The Kier molecular flexibility index (Phi) is 3.90. The Labute approximate surface area is 98.6 Å². The Bertz CT molecular complexity index is 358. The largest absolute Gasteiger partial charge is 0.466 e. The zero-order chi connectivity index (χ0) is 11.4. The lowest BCUT2D eigenvalue weighted by Crippen LogP contribution is -2.07. The maximum atomic E-state index is 11.3. The van der Waals surface area contributed by atoms with Crippen LogP contribution in [0.4, 0.5) is 0 Å². The van der Waals surface area contributed by atoms with Crippen molar-refractivity contribution < 1.29 is 14.3 Å². The molecule has 1 fully saturated rings. The molecule has 1 atom stereocenters. The summed E-state index contributed by atoms with van der Waals surface area (Å²) in [4.78, 5) is 15.7. The molecule has 1 aromatic rings. The summed E-state index contributed by atoms with van der Waals surface area (Å²) < 4.78 is 10.2. The lowest BCUT2D eigenvalue weighted by atomic mass is 10.1. The molecule has 0 bridgehead atoms. The first kappa shape index (κ1) is 11.5. The Hall–Kier alpha value is -0.940. The zero-order valence-corrected chi connectivity index (χ0v) is 10.1. The molecule has 5 heteroatoms. The van der Waals surface area contributed by atoms with Crippen molar-refractivity contribution in [3.05, 3.63) is 16.1 Å². The normalized spacial score (nSPS) is 19.9. The van der Waals surface area contributed by atoms with Gasteiger partial charge < -0.3 is 9.47 Å². The van der Waals surface area contributed by atoms with E-state index in [1.807, 2.05) is 5.38 Å². The van der Waals surface area contributed by atoms with Crippen LogP contribution in [-0.2, 0) is 20.7 Å². The highest BCUT2D eigenvalue weighted by Gasteiger charge is 2.20. The van der Waals surface area contributed by atoms with E-state index in [0.29, 0.717) is 12.5 Å². The van der Waals surface area contributed by atoms with Crippen molar-refractivity contribution in [2.24, 2.45) is 0 Å². The second-order valence-electron chi connectivity index (χ2n) is 3.71. The van der Waals surface area contributed by atoms with Gasteiger partial charge >= 0.3 is 5.97 Å². The van der Waals surface area contributed by atoms with Gasteiger partial charge in [0.15, 0.2) is 0 Å². The molecule has 0 saturated carbocycles. The smallest absolute Gasteiger partial charge is 0.312 e. The van der Waals surface area contributed by atoms with Gasteiger partial charge in [-0.05, 0) is 13.3 Å². The average molecular weight is 241 g/mol. The van der Waals surface area contributed by atoms with Crippen LogP contribution < -0.4 is 0 Å². The van der Waals surface area contributed by atoms with Crippen LogP contribution >= 0.6 is 11.3 Å². The van der Waals surface area contributed by atoms with Crippen LogP contribution in [-0.4, -0.2) is 30.8 Å². The van der Waals surface area contributed by atoms with Gasteiger partial charge in [-0.25, -0.2) is 4.98 Å². The molecule has 4 nitrogen and oxygen atoms in total. The van der Waals surface area contributed by atoms with Gasteiger partial charge in [0, 0.05) is 17.9 Å². The standard InChI is InChI=1S/C11H15NO3S/c1-2-15-11(13)5-10-12-9(7-16-10)8-3-4-14-6-8/h7-8H,2-6H2,1H3. The fraction of sp³-hybridized carbons (Fsp3) is 0.636. The number of hydrogen-bond donors (Lipinski definition) is 0. The van der Waals surface area contributed by atoms with E-state index in [0.717, 1.165) is 30.3 Å². The molecule has 1 aliphatic heterocycles. The summed E-state index contributed by atoms with van der Waals surface area (Å²) in [6.45, 7) is 3.80. The van der Waals surface area contributed by atoms with E-state index in [1.165, 1.54) is 11.3 Å². The Morgan fingerprint density at radius 1 is 1.75 bits per heavy atom. The van der Waals surface area contributed by atoms with Crippen molar-refractivity contribution in [2.75, 3.05) is 19.8 Å². The summed E-state index contributed by atoms with van der Waals surface area (Å²) in [6, 6.07) is 0. The second kappa shape index (κ2) is 5.41. The van der Waals surface area contributed by atoms with E-state index < -0.39 is 0 Å². The minimum Gasteiger partial charge on any atom is -0.466 e. The molecule has 1 aromatic heterocycles. The predicted molar refractivity (Wildman–Crippen MR) is 60.6 cm³/mol. The number of carbonyl (C=O) groups excluding carboxylic acids is 1. The van der Waals surface area contributed by atoms with Crippen molar-refractivity contribution in [2.45, 2.75) is 25.7 Å². The summed E-state index contributed by atoms with van der Waals surface area (Å²) in [7, 11) is 0. The number of esters is 1. The van der Waals surface area contributed by atoms with Crippen molar-refractivity contribution in [3.8, 4) is 0 Å². The number of aromatic nitrogens is 1. The summed E-state index contributed by atoms with van der Waals surface area (Å²) in [5.74, 6) is 0.207. The second-order valence-corrected chi connectivity index (χ2v) is 4.65. The van der Waals surface area contributed by atoms with Crippen LogP contribution in [0.1, 0.15) is 30.0 Å². The minimum absolute atomic E-state index is 0.203. The number of carbonyl (C=O) groups is 1. The molecule has 1 unspecified atom stereocenters. The number of nitrogens with zero attached hydrogens (tertiary/aromatic N) is 1. The van der Waals surface area contributed by atoms with Gasteiger partial charge in [0.05, 0.1) is 25.3 Å². The highest BCUT2D eigenvalue weighted by molar-refractivity contribution is 7.09. The summed E-state index contributed by atoms with van der Waals surface area (Å²) >= 11 is 1.52. The zero-order valence-electron chi connectivity index (χ0n) is 9.27. The summed E-state index contributed by atoms with van der Waals surface area (Å²) in [5, 5.41) is 2.86. The predicted octanol–water partition coefficient (Wildman–Crippen LogP) is 1.75. The van der Waals surface area contributed by atoms with Gasteiger partial charge in [0.1, 0.15) is 5.01 Å². The van der Waals surface area contributed by atoms with Crippen molar-refractivity contribution in [3.63, 3.8) is 0 Å². The molecular formula is C11H15NO3S. The molecule has 0 radical (unpaired) electrons. The van der Waals surface area contributed by atoms with Gasteiger partial charge in [-0.15, -0.1) is 11.3 Å². The Morgan fingerprint density at radius 2 is 2.62 bits per heavy atom. The molecule has 16 heavy (non-hydrogen) atoms. The highest BCUT2D eigenvalue weighted by Crippen LogP contribution is 2.26. The quantitative estimate of drug-likeness (QED) is 0.754. The van der Waals surface area contributed by atoms with Crippen molar-refractivity contribution in [1.29, 1.82) is 0 Å². The van der Waals surface area contributed by atoms with Gasteiger partial charge in [0.2, 0.25) is 0 Å². The lowest BCUT2D eigenvalue weighted by Gasteiger charge is -2.01. The average Bonchev–Trinajstić information content (AvgIpc) is 2.86. The number of thiazole rings is 1. The van der Waals surface area contributed by atoms with Crippen LogP contribution in [0.15, 0.2) is 5.38 Å². The van der Waals surface area contributed by atoms with Crippen LogP contribution in [0.25, 0.3) is 0 Å². The number of ether oxygens (including phenoxy) is 2. The first-order valence-electron chi connectivity index (χ1n) is 5.47. The molecule has 0 N–H and O–H groups in total. The van der Waals surface area contributed by atoms with E-state index in [2.05, 4.69) is 4.98 Å². The molecule has 2 heterocycles. The maximum Gasteiger partial charge on any atom is 0.312 e. The van der Waals surface area contributed by atoms with Crippen molar-refractivity contribution in [1.82, 2.24) is 4.98 Å². The van der Waals surface area contributed by atoms with Crippen LogP contribution in [0.5, 0.6) is 0 Å². The van der Waals surface area contributed by atoms with Crippen LogP contribution in [0, 0.1) is 0 Å². The van der Waals surface area contributed by atoms with Gasteiger partial charge in [-0.3, -0.25) is 4.79 Å². The highest BCUT2D eigenvalue weighted by atomic mass is 32.1. The van der Waals surface area contributed by atoms with E-state index >= 15 is 0 Å². The SMILES string of the molecule is CCOC(=O)Cc1nc(C2CCOC2)cs1. The fourth-order valence-corrected chi connectivity index (χ4v) is 2.56. The third-order valence-corrected chi connectivity index (χ3v) is 3.39. The maximum absolute atomic E-state index is 11.3. The summed E-state index contributed by atoms with van der Waals surface area (Å²) in [6.07, 6.45) is 1.31. The first-order chi connectivity index (χ1) is 7.79.